The minimum Gasteiger partial charge on any atom is -0.394 e. The first-order valence-corrected chi connectivity index (χ1v) is 17.3. The first-order valence-electron chi connectivity index (χ1n) is 17.3. The molecule has 6 heteroatoms. The average molecular weight is 589 g/mol. The van der Waals surface area contributed by atoms with E-state index in [0.717, 1.165) is 44.9 Å². The van der Waals surface area contributed by atoms with Crippen LogP contribution in [0.3, 0.4) is 0 Å². The van der Waals surface area contributed by atoms with Gasteiger partial charge in [0.05, 0.1) is 18.8 Å². The molecule has 6 rings (SSSR count). The minimum atomic E-state index is -1.31. The van der Waals surface area contributed by atoms with Crippen molar-refractivity contribution in [2.75, 3.05) is 6.61 Å². The van der Waals surface area contributed by atoms with Gasteiger partial charge in [0.2, 0.25) is 0 Å². The maximum atomic E-state index is 11.1. The predicted molar refractivity (Wildman–Crippen MR) is 163 cm³/mol. The van der Waals surface area contributed by atoms with Gasteiger partial charge < -0.3 is 30.3 Å². The van der Waals surface area contributed by atoms with Crippen LogP contribution in [0.25, 0.3) is 0 Å². The van der Waals surface area contributed by atoms with E-state index in [1.54, 1.807) is 5.57 Å². The Balaban J connectivity index is 1.38. The number of allylic oxidation sites excluding steroid dienone is 2. The van der Waals surface area contributed by atoms with E-state index < -0.39 is 30.5 Å². The van der Waals surface area contributed by atoms with Crippen molar-refractivity contribution in [3.63, 3.8) is 0 Å². The molecule has 5 aliphatic carbocycles. The number of aliphatic hydroxyl groups is 5. The Morgan fingerprint density at radius 2 is 1.48 bits per heavy atom. The zero-order valence-electron chi connectivity index (χ0n) is 27.4. The smallest absolute Gasteiger partial charge is 0.111 e. The number of aliphatic hydroxyl groups excluding tert-OH is 5. The molecule has 6 nitrogen and oxygen atoms in total. The maximum absolute atomic E-state index is 11.1. The van der Waals surface area contributed by atoms with Crippen molar-refractivity contribution in [3.8, 4) is 0 Å². The number of hydrogen-bond donors (Lipinski definition) is 5. The van der Waals surface area contributed by atoms with Crippen LogP contribution in [-0.4, -0.2) is 68.8 Å². The van der Waals surface area contributed by atoms with E-state index in [4.69, 9.17) is 4.74 Å². The molecule has 0 radical (unpaired) electrons. The second-order valence-electron chi connectivity index (χ2n) is 17.5. The summed E-state index contributed by atoms with van der Waals surface area (Å²) in [7, 11) is 0. The Labute approximate surface area is 254 Å². The molecule has 0 aromatic heterocycles. The zero-order valence-corrected chi connectivity index (χ0v) is 27.4. The second kappa shape index (κ2) is 10.3. The van der Waals surface area contributed by atoms with Crippen LogP contribution in [0.2, 0.25) is 0 Å². The quantitative estimate of drug-likeness (QED) is 0.289. The lowest BCUT2D eigenvalue weighted by atomic mass is 9.33. The number of rotatable bonds is 3. The number of ether oxygens (including phenoxy) is 1. The highest BCUT2D eigenvalue weighted by molar-refractivity contribution is 5.34. The molecule has 0 aromatic carbocycles. The summed E-state index contributed by atoms with van der Waals surface area (Å²) in [5.74, 6) is 2.64. The lowest BCUT2D eigenvalue weighted by molar-refractivity contribution is -0.243. The molecule has 0 amide bonds. The Morgan fingerprint density at radius 3 is 2.17 bits per heavy atom. The lowest BCUT2D eigenvalue weighted by Gasteiger charge is -2.72. The van der Waals surface area contributed by atoms with Gasteiger partial charge in [-0.25, -0.2) is 0 Å². The highest BCUT2D eigenvalue weighted by Crippen LogP contribution is 2.76. The van der Waals surface area contributed by atoms with Crippen LogP contribution in [0, 0.1) is 56.7 Å². The van der Waals surface area contributed by atoms with Gasteiger partial charge in [0.1, 0.15) is 24.4 Å². The molecule has 1 aliphatic heterocycles. The first kappa shape index (κ1) is 31.5. The highest BCUT2D eigenvalue weighted by atomic mass is 16.5. The summed E-state index contributed by atoms with van der Waals surface area (Å²) >= 11 is 0. The van der Waals surface area contributed by atoms with Crippen LogP contribution in [0.15, 0.2) is 11.6 Å². The second-order valence-corrected chi connectivity index (χ2v) is 17.5. The topological polar surface area (TPSA) is 110 Å². The summed E-state index contributed by atoms with van der Waals surface area (Å²) in [6, 6.07) is 0. The van der Waals surface area contributed by atoms with Crippen LogP contribution in [-0.2, 0) is 4.74 Å². The van der Waals surface area contributed by atoms with Gasteiger partial charge in [-0.1, -0.05) is 60.1 Å². The molecular formula is C36H60O6. The van der Waals surface area contributed by atoms with Crippen molar-refractivity contribution in [2.24, 2.45) is 56.7 Å². The molecule has 42 heavy (non-hydrogen) atoms. The molecule has 6 aliphatic rings. The van der Waals surface area contributed by atoms with Crippen molar-refractivity contribution in [2.45, 2.75) is 149 Å². The zero-order chi connectivity index (χ0) is 30.6. The van der Waals surface area contributed by atoms with Gasteiger partial charge in [-0.15, -0.1) is 0 Å². The van der Waals surface area contributed by atoms with Gasteiger partial charge in [0, 0.05) is 0 Å². The van der Waals surface area contributed by atoms with Gasteiger partial charge in [-0.2, -0.15) is 0 Å². The summed E-state index contributed by atoms with van der Waals surface area (Å²) in [5, 5.41) is 53.1. The molecular weight excluding hydrogens is 528 g/mol. The fourth-order valence-corrected chi connectivity index (χ4v) is 12.7. The fraction of sp³-hybridized carbons (Fsp3) is 0.944. The molecule has 0 aromatic rings. The number of hydrogen-bond acceptors (Lipinski definition) is 6. The number of fused-ring (bicyclic) bond motifs is 7. The summed E-state index contributed by atoms with van der Waals surface area (Å²) in [4.78, 5) is 0. The van der Waals surface area contributed by atoms with Crippen molar-refractivity contribution in [1.29, 1.82) is 0 Å². The van der Waals surface area contributed by atoms with Gasteiger partial charge in [-0.3, -0.25) is 0 Å². The molecule has 0 bridgehead atoms. The fourth-order valence-electron chi connectivity index (χ4n) is 12.7. The molecule has 5 N–H and O–H groups in total. The molecule has 5 unspecified atom stereocenters. The monoisotopic (exact) mass is 588 g/mol. The lowest BCUT2D eigenvalue weighted by Crippen LogP contribution is -2.65. The van der Waals surface area contributed by atoms with Gasteiger partial charge >= 0.3 is 0 Å². The van der Waals surface area contributed by atoms with Crippen molar-refractivity contribution >= 4 is 0 Å². The molecule has 240 valence electrons. The standard InChI is InChI=1S/C36H60O6/c1-20-10-15-36(18-23-29(39)31(41)30(40)24(19-37)42-23)17-16-34(6)22(28(36)21(20)2)8-9-26-33(5)13-12-27(38)32(3,4)25(33)11-14-35(26,34)7/h8,20-21,23-31,37-41H,9-19H2,1-7H3/t20-,21+,23+,24?,25?,26?,27+,28?,29?,30-,31-,33+,34-,35-,36-/m1/s1. The van der Waals surface area contributed by atoms with Crippen LogP contribution in [0.4, 0.5) is 0 Å². The third kappa shape index (κ3) is 4.10. The Bertz CT molecular complexity index is 1070. The van der Waals surface area contributed by atoms with E-state index in [-0.39, 0.29) is 39.8 Å². The van der Waals surface area contributed by atoms with Crippen molar-refractivity contribution in [1.82, 2.24) is 0 Å². The molecule has 5 fully saturated rings. The Kier molecular flexibility index (Phi) is 7.69. The summed E-state index contributed by atoms with van der Waals surface area (Å²) in [6.45, 7) is 16.9. The molecule has 4 saturated carbocycles. The van der Waals surface area contributed by atoms with E-state index in [1.807, 2.05) is 0 Å². The first-order chi connectivity index (χ1) is 19.6. The van der Waals surface area contributed by atoms with Crippen molar-refractivity contribution < 1.29 is 30.3 Å². The van der Waals surface area contributed by atoms with E-state index in [9.17, 15) is 25.5 Å². The molecule has 1 saturated heterocycles. The van der Waals surface area contributed by atoms with E-state index >= 15 is 0 Å². The summed E-state index contributed by atoms with van der Waals surface area (Å²) in [6.07, 6.45) is 7.79. The Morgan fingerprint density at radius 1 is 0.786 bits per heavy atom. The van der Waals surface area contributed by atoms with Gasteiger partial charge in [0.25, 0.3) is 0 Å². The van der Waals surface area contributed by atoms with E-state index in [2.05, 4.69) is 54.5 Å². The Hall–Kier alpha value is -0.500. The molecule has 1 heterocycles. The maximum Gasteiger partial charge on any atom is 0.111 e. The normalized spacial score (nSPS) is 57.2. The summed E-state index contributed by atoms with van der Waals surface area (Å²) in [5.41, 5.74) is 2.06. The van der Waals surface area contributed by atoms with Crippen LogP contribution in [0.5, 0.6) is 0 Å². The van der Waals surface area contributed by atoms with Crippen molar-refractivity contribution in [3.05, 3.63) is 11.6 Å². The average Bonchev–Trinajstić information content (AvgIpc) is 2.94. The SMILES string of the molecule is C[C@@H]1CC[C@]2(C[C@@H]3OC(CO)[C@@H](O)[C@H](O)C3O)CC[C@]3(C)C(=CCC4[C@@]5(C)CC[C@H](O)C(C)(C)C5CC[C@]43C)C2[C@H]1C. The van der Waals surface area contributed by atoms with Gasteiger partial charge in [-0.05, 0) is 121 Å². The van der Waals surface area contributed by atoms with Crippen LogP contribution in [0.1, 0.15) is 113 Å². The van der Waals surface area contributed by atoms with E-state index in [0.29, 0.717) is 36.0 Å². The third-order valence-corrected chi connectivity index (χ3v) is 15.7. The molecule has 0 spiro atoms. The van der Waals surface area contributed by atoms with E-state index in [1.165, 1.54) is 12.8 Å². The van der Waals surface area contributed by atoms with Crippen LogP contribution < -0.4 is 0 Å². The van der Waals surface area contributed by atoms with Gasteiger partial charge in [0.15, 0.2) is 0 Å². The highest BCUT2D eigenvalue weighted by Gasteiger charge is 2.68. The molecule has 15 atom stereocenters. The third-order valence-electron chi connectivity index (χ3n) is 15.7. The minimum absolute atomic E-state index is 0.0355. The summed E-state index contributed by atoms with van der Waals surface area (Å²) < 4.78 is 6.16. The largest absolute Gasteiger partial charge is 0.394 e. The predicted octanol–water partition coefficient (Wildman–Crippen LogP) is 5.24. The van der Waals surface area contributed by atoms with Crippen LogP contribution >= 0.6 is 0 Å².